The molecule has 1 atom stereocenters. The third-order valence-electron chi connectivity index (χ3n) is 2.28. The average molecular weight is 238 g/mol. The number of amides is 1. The molecule has 0 aliphatic rings. The second-order valence-corrected chi connectivity index (χ2v) is 5.10. The van der Waals surface area contributed by atoms with Gasteiger partial charge in [-0.15, -0.1) is 11.8 Å². The maximum Gasteiger partial charge on any atom is 0.247 e. The fraction of sp³-hybridized carbons (Fsp3) is 0.417. The Bertz CT molecular complexity index is 327. The van der Waals surface area contributed by atoms with E-state index in [1.807, 2.05) is 32.0 Å². The van der Waals surface area contributed by atoms with Gasteiger partial charge in [-0.1, -0.05) is 44.2 Å². The normalized spacial score (nSPS) is 12.5. The molecular formula is C12H18N2OS. The third kappa shape index (κ3) is 3.87. The molecule has 1 amide bonds. The highest BCUT2D eigenvalue weighted by atomic mass is 32.2. The number of carbonyl (C=O) groups is 1. The fourth-order valence-corrected chi connectivity index (χ4v) is 2.58. The number of thioether (sulfide) groups is 1. The highest BCUT2D eigenvalue weighted by molar-refractivity contribution is 7.99. The topological polar surface area (TPSA) is 55.1 Å². The zero-order valence-electron chi connectivity index (χ0n) is 9.64. The maximum atomic E-state index is 11.5. The van der Waals surface area contributed by atoms with Crippen LogP contribution in [0.2, 0.25) is 0 Å². The van der Waals surface area contributed by atoms with Gasteiger partial charge in [0, 0.05) is 5.75 Å². The van der Waals surface area contributed by atoms with Crippen LogP contribution in [0.1, 0.15) is 19.4 Å². The summed E-state index contributed by atoms with van der Waals surface area (Å²) in [6, 6.07) is 10.1. The van der Waals surface area contributed by atoms with Gasteiger partial charge in [-0.3, -0.25) is 10.2 Å². The van der Waals surface area contributed by atoms with Gasteiger partial charge < -0.3 is 0 Å². The number of hydrogen-bond donors (Lipinski definition) is 2. The van der Waals surface area contributed by atoms with Crippen LogP contribution in [-0.4, -0.2) is 11.2 Å². The minimum atomic E-state index is -0.101. The Morgan fingerprint density at radius 1 is 1.38 bits per heavy atom. The van der Waals surface area contributed by atoms with Gasteiger partial charge >= 0.3 is 0 Å². The average Bonchev–Trinajstić information content (AvgIpc) is 2.30. The van der Waals surface area contributed by atoms with Gasteiger partial charge in [0.05, 0.1) is 5.25 Å². The van der Waals surface area contributed by atoms with E-state index >= 15 is 0 Å². The molecule has 0 bridgehead atoms. The van der Waals surface area contributed by atoms with E-state index in [4.69, 9.17) is 5.84 Å². The lowest BCUT2D eigenvalue weighted by atomic mass is 10.1. The van der Waals surface area contributed by atoms with E-state index in [1.54, 1.807) is 11.8 Å². The van der Waals surface area contributed by atoms with Crippen molar-refractivity contribution in [1.82, 2.24) is 5.43 Å². The first-order chi connectivity index (χ1) is 7.65. The Hall–Kier alpha value is -1.00. The molecule has 0 saturated heterocycles. The molecule has 0 heterocycles. The van der Waals surface area contributed by atoms with Crippen molar-refractivity contribution in [3.8, 4) is 0 Å². The highest BCUT2D eigenvalue weighted by Gasteiger charge is 2.21. The molecule has 1 unspecified atom stereocenters. The summed E-state index contributed by atoms with van der Waals surface area (Å²) in [5, 5.41) is -0.0924. The molecule has 0 aliphatic heterocycles. The molecule has 0 radical (unpaired) electrons. The van der Waals surface area contributed by atoms with Gasteiger partial charge in [0.25, 0.3) is 0 Å². The van der Waals surface area contributed by atoms with Crippen molar-refractivity contribution in [3.05, 3.63) is 35.9 Å². The Labute approximate surface area is 101 Å². The molecule has 0 aliphatic carbocycles. The first-order valence-electron chi connectivity index (χ1n) is 5.31. The van der Waals surface area contributed by atoms with E-state index < -0.39 is 0 Å². The smallest absolute Gasteiger partial charge is 0.247 e. The minimum absolute atomic E-state index is 0.0924. The number of hydrogen-bond acceptors (Lipinski definition) is 3. The lowest BCUT2D eigenvalue weighted by molar-refractivity contribution is -0.121. The van der Waals surface area contributed by atoms with Crippen LogP contribution in [0.15, 0.2) is 30.3 Å². The molecule has 0 saturated carbocycles. The van der Waals surface area contributed by atoms with E-state index in [2.05, 4.69) is 17.6 Å². The van der Waals surface area contributed by atoms with Crippen molar-refractivity contribution in [1.29, 1.82) is 0 Å². The van der Waals surface area contributed by atoms with Crippen LogP contribution in [0, 0.1) is 5.92 Å². The number of carbonyl (C=O) groups excluding carboxylic acids is 1. The molecule has 1 rings (SSSR count). The molecule has 0 aromatic heterocycles. The predicted octanol–water partition coefficient (Wildman–Crippen LogP) is 1.93. The summed E-state index contributed by atoms with van der Waals surface area (Å²) in [5.74, 6) is 6.17. The van der Waals surface area contributed by atoms with Crippen LogP contribution in [0.4, 0.5) is 0 Å². The molecule has 4 heteroatoms. The molecule has 3 N–H and O–H groups in total. The summed E-state index contributed by atoms with van der Waals surface area (Å²) in [6.45, 7) is 4.05. The number of rotatable bonds is 5. The van der Waals surface area contributed by atoms with Gasteiger partial charge in [-0.2, -0.15) is 0 Å². The molecule has 88 valence electrons. The Morgan fingerprint density at radius 2 is 2.00 bits per heavy atom. The van der Waals surface area contributed by atoms with E-state index in [1.165, 1.54) is 5.56 Å². The SMILES string of the molecule is CC(C)C(SCc1ccccc1)C(=O)NN. The summed E-state index contributed by atoms with van der Waals surface area (Å²) in [4.78, 5) is 11.5. The number of benzene rings is 1. The molecule has 0 spiro atoms. The van der Waals surface area contributed by atoms with Crippen molar-refractivity contribution in [3.63, 3.8) is 0 Å². The lowest BCUT2D eigenvalue weighted by Crippen LogP contribution is -2.40. The van der Waals surface area contributed by atoms with E-state index in [0.29, 0.717) is 0 Å². The molecule has 16 heavy (non-hydrogen) atoms. The number of hydrazine groups is 1. The van der Waals surface area contributed by atoms with E-state index in [0.717, 1.165) is 5.75 Å². The second-order valence-electron chi connectivity index (χ2n) is 3.97. The summed E-state index contributed by atoms with van der Waals surface area (Å²) in [5.41, 5.74) is 3.45. The van der Waals surface area contributed by atoms with Crippen LogP contribution in [0.5, 0.6) is 0 Å². The molecule has 0 fully saturated rings. The van der Waals surface area contributed by atoms with E-state index in [-0.39, 0.29) is 17.1 Å². The van der Waals surface area contributed by atoms with E-state index in [9.17, 15) is 4.79 Å². The number of nitrogens with one attached hydrogen (secondary N) is 1. The first-order valence-corrected chi connectivity index (χ1v) is 6.36. The Kier molecular flexibility index (Phi) is 5.35. The summed E-state index contributed by atoms with van der Waals surface area (Å²) in [6.07, 6.45) is 0. The molecule has 1 aromatic rings. The maximum absolute atomic E-state index is 11.5. The summed E-state index contributed by atoms with van der Waals surface area (Å²) >= 11 is 1.62. The lowest BCUT2D eigenvalue weighted by Gasteiger charge is -2.18. The molecule has 1 aromatic carbocycles. The van der Waals surface area contributed by atoms with Crippen LogP contribution in [-0.2, 0) is 10.5 Å². The van der Waals surface area contributed by atoms with Crippen molar-refractivity contribution >= 4 is 17.7 Å². The molecular weight excluding hydrogens is 220 g/mol. The molecule has 3 nitrogen and oxygen atoms in total. The zero-order chi connectivity index (χ0) is 12.0. The van der Waals surface area contributed by atoms with Crippen molar-refractivity contribution in [2.45, 2.75) is 24.9 Å². The number of nitrogens with two attached hydrogens (primary N) is 1. The second kappa shape index (κ2) is 6.55. The van der Waals surface area contributed by atoms with Gasteiger partial charge in [0.15, 0.2) is 0 Å². The minimum Gasteiger partial charge on any atom is -0.293 e. The fourth-order valence-electron chi connectivity index (χ4n) is 1.41. The summed E-state index contributed by atoms with van der Waals surface area (Å²) in [7, 11) is 0. The largest absolute Gasteiger partial charge is 0.293 e. The Morgan fingerprint density at radius 3 is 2.50 bits per heavy atom. The van der Waals surface area contributed by atoms with Crippen molar-refractivity contribution in [2.75, 3.05) is 0 Å². The highest BCUT2D eigenvalue weighted by Crippen LogP contribution is 2.23. The predicted molar refractivity (Wildman–Crippen MR) is 68.7 cm³/mol. The first kappa shape index (κ1) is 13.1. The third-order valence-corrected chi connectivity index (χ3v) is 3.90. The standard InChI is InChI=1S/C12H18N2OS/c1-9(2)11(12(15)14-13)16-8-10-6-4-3-5-7-10/h3-7,9,11H,8,13H2,1-2H3,(H,14,15). The van der Waals surface area contributed by atoms with Crippen LogP contribution < -0.4 is 11.3 Å². The summed E-state index contributed by atoms with van der Waals surface area (Å²) < 4.78 is 0. The van der Waals surface area contributed by atoms with Crippen molar-refractivity contribution in [2.24, 2.45) is 11.8 Å². The van der Waals surface area contributed by atoms with Crippen LogP contribution >= 0.6 is 11.8 Å². The monoisotopic (exact) mass is 238 g/mol. The van der Waals surface area contributed by atoms with Gasteiger partial charge in [0.1, 0.15) is 0 Å². The zero-order valence-corrected chi connectivity index (χ0v) is 10.5. The van der Waals surface area contributed by atoms with Gasteiger partial charge in [-0.25, -0.2) is 5.84 Å². The Balaban J connectivity index is 2.54. The van der Waals surface area contributed by atoms with Crippen molar-refractivity contribution < 1.29 is 4.79 Å². The van der Waals surface area contributed by atoms with Crippen LogP contribution in [0.3, 0.4) is 0 Å². The van der Waals surface area contributed by atoms with Gasteiger partial charge in [0.2, 0.25) is 5.91 Å². The van der Waals surface area contributed by atoms with Crippen LogP contribution in [0.25, 0.3) is 0 Å². The van der Waals surface area contributed by atoms with Gasteiger partial charge in [-0.05, 0) is 11.5 Å². The quantitative estimate of drug-likeness (QED) is 0.468.